The van der Waals surface area contributed by atoms with Gasteiger partial charge < -0.3 is 10.0 Å². The summed E-state index contributed by atoms with van der Waals surface area (Å²) in [5, 5.41) is 9.86. The number of aliphatic hydroxyl groups excluding tert-OH is 1. The van der Waals surface area contributed by atoms with Crippen LogP contribution in [0, 0.1) is 17.5 Å². The lowest BCUT2D eigenvalue weighted by Crippen LogP contribution is -2.37. The van der Waals surface area contributed by atoms with Crippen LogP contribution < -0.4 is 0 Å². The molecule has 1 aliphatic rings. The number of nitrogens with zero attached hydrogens (tertiary/aromatic N) is 2. The van der Waals surface area contributed by atoms with Gasteiger partial charge >= 0.3 is 0 Å². The Morgan fingerprint density at radius 3 is 2.47 bits per heavy atom. The van der Waals surface area contributed by atoms with Crippen molar-refractivity contribution in [1.82, 2.24) is 9.80 Å². The number of hydrogen-bond acceptors (Lipinski definition) is 3. The first kappa shape index (κ1) is 14.3. The van der Waals surface area contributed by atoms with Gasteiger partial charge in [-0.3, -0.25) is 4.90 Å². The molecule has 0 radical (unpaired) electrons. The van der Waals surface area contributed by atoms with Crippen LogP contribution in [0.3, 0.4) is 0 Å². The number of halogens is 3. The van der Waals surface area contributed by atoms with Gasteiger partial charge in [-0.15, -0.1) is 0 Å². The second-order valence-corrected chi connectivity index (χ2v) is 5.13. The molecule has 0 saturated carbocycles. The van der Waals surface area contributed by atoms with Crippen LogP contribution in [-0.4, -0.2) is 54.2 Å². The van der Waals surface area contributed by atoms with Gasteiger partial charge in [0.15, 0.2) is 17.5 Å². The van der Waals surface area contributed by atoms with Crippen LogP contribution in [-0.2, 0) is 6.54 Å². The highest BCUT2D eigenvalue weighted by Gasteiger charge is 2.33. The molecule has 106 valence electrons. The third kappa shape index (κ3) is 2.91. The molecule has 0 aromatic heterocycles. The standard InChI is InChI=1S/C13H17F3N2O/c1-17(2)10-6-18(7-11(10)19)5-8-3-4-9(14)13(16)12(8)15/h3-4,10-11,19H,5-7H2,1-2H3/t10-,11-/m0/s1. The number of β-amino-alcohol motifs (C(OH)–C–C–N with tert-alkyl or cyclic N) is 1. The van der Waals surface area contributed by atoms with E-state index in [0.29, 0.717) is 13.1 Å². The molecule has 1 aromatic rings. The Morgan fingerprint density at radius 1 is 1.21 bits per heavy atom. The van der Waals surface area contributed by atoms with E-state index in [1.165, 1.54) is 6.07 Å². The second kappa shape index (κ2) is 5.48. The van der Waals surface area contributed by atoms with E-state index in [9.17, 15) is 18.3 Å². The van der Waals surface area contributed by atoms with Crippen LogP contribution in [0.4, 0.5) is 13.2 Å². The lowest BCUT2D eigenvalue weighted by molar-refractivity contribution is 0.112. The van der Waals surface area contributed by atoms with E-state index >= 15 is 0 Å². The average molecular weight is 274 g/mol. The molecule has 0 unspecified atom stereocenters. The zero-order valence-electron chi connectivity index (χ0n) is 10.9. The van der Waals surface area contributed by atoms with E-state index in [-0.39, 0.29) is 18.2 Å². The molecule has 3 nitrogen and oxygen atoms in total. The fraction of sp³-hybridized carbons (Fsp3) is 0.538. The summed E-state index contributed by atoms with van der Waals surface area (Å²) >= 11 is 0. The Labute approximate surface area is 110 Å². The summed E-state index contributed by atoms with van der Waals surface area (Å²) < 4.78 is 39.5. The van der Waals surface area contributed by atoms with E-state index in [2.05, 4.69) is 0 Å². The number of hydrogen-bond donors (Lipinski definition) is 1. The SMILES string of the molecule is CN(C)[C@H]1CN(Cc2ccc(F)c(F)c2F)C[C@@H]1O. The number of benzene rings is 1. The highest BCUT2D eigenvalue weighted by Crippen LogP contribution is 2.20. The molecule has 1 saturated heterocycles. The van der Waals surface area contributed by atoms with Crippen molar-refractivity contribution in [3.05, 3.63) is 35.1 Å². The maximum Gasteiger partial charge on any atom is 0.194 e. The fourth-order valence-corrected chi connectivity index (χ4v) is 2.41. The van der Waals surface area contributed by atoms with Gasteiger partial charge in [0.2, 0.25) is 0 Å². The Balaban J connectivity index is 2.09. The quantitative estimate of drug-likeness (QED) is 0.839. The average Bonchev–Trinajstić information content (AvgIpc) is 2.71. The summed E-state index contributed by atoms with van der Waals surface area (Å²) in [7, 11) is 3.71. The minimum Gasteiger partial charge on any atom is -0.390 e. The van der Waals surface area contributed by atoms with Gasteiger partial charge in [0.25, 0.3) is 0 Å². The van der Waals surface area contributed by atoms with Crippen LogP contribution in [0.2, 0.25) is 0 Å². The Hall–Kier alpha value is -1.11. The first-order chi connectivity index (χ1) is 8.90. The molecule has 0 aliphatic carbocycles. The molecule has 19 heavy (non-hydrogen) atoms. The van der Waals surface area contributed by atoms with E-state index < -0.39 is 23.6 Å². The van der Waals surface area contributed by atoms with Gasteiger partial charge in [-0.25, -0.2) is 13.2 Å². The van der Waals surface area contributed by atoms with Crippen molar-refractivity contribution in [2.45, 2.75) is 18.7 Å². The molecular weight excluding hydrogens is 257 g/mol. The van der Waals surface area contributed by atoms with E-state index in [1.807, 2.05) is 23.9 Å². The second-order valence-electron chi connectivity index (χ2n) is 5.13. The van der Waals surface area contributed by atoms with Crippen molar-refractivity contribution in [2.75, 3.05) is 27.2 Å². The molecule has 1 aliphatic heterocycles. The third-order valence-corrected chi connectivity index (χ3v) is 3.51. The fourth-order valence-electron chi connectivity index (χ4n) is 2.41. The summed E-state index contributed by atoms with van der Waals surface area (Å²) in [5.74, 6) is -3.78. The lowest BCUT2D eigenvalue weighted by Gasteiger charge is -2.21. The Morgan fingerprint density at radius 2 is 1.89 bits per heavy atom. The maximum atomic E-state index is 13.6. The number of rotatable bonds is 3. The largest absolute Gasteiger partial charge is 0.390 e. The molecule has 1 aromatic carbocycles. The molecule has 0 bridgehead atoms. The van der Waals surface area contributed by atoms with Crippen LogP contribution in [0.1, 0.15) is 5.56 Å². The molecule has 0 amide bonds. The van der Waals surface area contributed by atoms with Crippen molar-refractivity contribution in [3.8, 4) is 0 Å². The highest BCUT2D eigenvalue weighted by atomic mass is 19.2. The topological polar surface area (TPSA) is 26.7 Å². The van der Waals surface area contributed by atoms with E-state index in [4.69, 9.17) is 0 Å². The van der Waals surface area contributed by atoms with Crippen molar-refractivity contribution in [2.24, 2.45) is 0 Å². The number of aliphatic hydroxyl groups is 1. The van der Waals surface area contributed by atoms with Gasteiger partial charge in [0.1, 0.15) is 0 Å². The molecule has 0 spiro atoms. The summed E-state index contributed by atoms with van der Waals surface area (Å²) in [6.45, 7) is 1.11. The predicted molar refractivity (Wildman–Crippen MR) is 65.1 cm³/mol. The van der Waals surface area contributed by atoms with E-state index in [1.54, 1.807) is 0 Å². The summed E-state index contributed by atoms with van der Waals surface area (Å²) in [4.78, 5) is 3.72. The van der Waals surface area contributed by atoms with Crippen molar-refractivity contribution in [1.29, 1.82) is 0 Å². The van der Waals surface area contributed by atoms with Gasteiger partial charge in [-0.1, -0.05) is 6.07 Å². The third-order valence-electron chi connectivity index (χ3n) is 3.51. The number of likely N-dealkylation sites (N-methyl/N-ethyl adjacent to an activating group) is 1. The van der Waals surface area contributed by atoms with Crippen LogP contribution in [0.25, 0.3) is 0 Å². The van der Waals surface area contributed by atoms with Crippen LogP contribution >= 0.6 is 0 Å². The summed E-state index contributed by atoms with van der Waals surface area (Å²) in [5.41, 5.74) is 0.102. The van der Waals surface area contributed by atoms with Gasteiger partial charge in [-0.05, 0) is 20.2 Å². The molecular formula is C13H17F3N2O. The monoisotopic (exact) mass is 274 g/mol. The summed E-state index contributed by atoms with van der Waals surface area (Å²) in [6.07, 6.45) is -0.525. The van der Waals surface area contributed by atoms with Crippen molar-refractivity contribution >= 4 is 0 Å². The minimum atomic E-state index is -1.44. The molecule has 1 fully saturated rings. The minimum absolute atomic E-state index is 0.0339. The van der Waals surface area contributed by atoms with Crippen molar-refractivity contribution < 1.29 is 18.3 Å². The number of likely N-dealkylation sites (tertiary alicyclic amines) is 1. The van der Waals surface area contributed by atoms with Gasteiger partial charge in [-0.2, -0.15) is 0 Å². The predicted octanol–water partition coefficient (Wildman–Crippen LogP) is 1.21. The Bertz CT molecular complexity index is 467. The van der Waals surface area contributed by atoms with Crippen LogP contribution in [0.5, 0.6) is 0 Å². The first-order valence-corrected chi connectivity index (χ1v) is 6.09. The zero-order chi connectivity index (χ0) is 14.2. The molecule has 2 rings (SSSR count). The smallest absolute Gasteiger partial charge is 0.194 e. The molecule has 1 N–H and O–H groups in total. The molecule has 2 atom stereocenters. The van der Waals surface area contributed by atoms with Crippen molar-refractivity contribution in [3.63, 3.8) is 0 Å². The normalized spacial score (nSPS) is 24.4. The van der Waals surface area contributed by atoms with E-state index in [0.717, 1.165) is 6.07 Å². The zero-order valence-corrected chi connectivity index (χ0v) is 10.9. The van der Waals surface area contributed by atoms with Gasteiger partial charge in [0, 0.05) is 31.2 Å². The molecule has 1 heterocycles. The summed E-state index contributed by atoms with van der Waals surface area (Å²) in [6, 6.07) is 2.13. The Kier molecular flexibility index (Phi) is 4.13. The highest BCUT2D eigenvalue weighted by molar-refractivity contribution is 5.20. The maximum absolute atomic E-state index is 13.6. The van der Waals surface area contributed by atoms with Gasteiger partial charge in [0.05, 0.1) is 6.10 Å². The molecule has 6 heteroatoms. The first-order valence-electron chi connectivity index (χ1n) is 6.09. The lowest BCUT2D eigenvalue weighted by atomic mass is 10.2. The van der Waals surface area contributed by atoms with Crippen LogP contribution in [0.15, 0.2) is 12.1 Å².